The molecule has 0 aliphatic heterocycles. The first-order chi connectivity index (χ1) is 10.8. The molecule has 0 fully saturated rings. The zero-order valence-corrected chi connectivity index (χ0v) is 16.7. The monoisotopic (exact) mass is 376 g/mol. The molecule has 0 saturated carbocycles. The second-order valence-corrected chi connectivity index (χ2v) is 6.69. The van der Waals surface area contributed by atoms with Crippen LogP contribution >= 0.6 is 15.9 Å². The largest absolute Gasteiger partial charge is 0.214 e. The molecule has 0 unspecified atom stereocenters. The van der Waals surface area contributed by atoms with Gasteiger partial charge in [0.25, 0.3) is 0 Å². The van der Waals surface area contributed by atoms with Crippen molar-refractivity contribution in [2.75, 3.05) is 11.9 Å². The number of hydrogen-bond acceptors (Lipinski definition) is 2. The van der Waals surface area contributed by atoms with Crippen LogP contribution in [0.4, 0.5) is 0 Å². The zero-order chi connectivity index (χ0) is 16.7. The Labute approximate surface area is 147 Å². The van der Waals surface area contributed by atoms with Crippen molar-refractivity contribution in [3.8, 4) is 0 Å². The van der Waals surface area contributed by atoms with E-state index in [2.05, 4.69) is 39.8 Å². The van der Waals surface area contributed by atoms with Gasteiger partial charge in [-0.25, -0.2) is 0 Å². The van der Waals surface area contributed by atoms with Crippen LogP contribution in [0.5, 0.6) is 0 Å². The van der Waals surface area contributed by atoms with Crippen LogP contribution < -0.4 is 4.91 Å². The fourth-order valence-electron chi connectivity index (χ4n) is 2.24. The lowest BCUT2D eigenvalue weighted by molar-refractivity contribution is 0.588. The van der Waals surface area contributed by atoms with Gasteiger partial charge in [0.05, 0.1) is 0 Å². The molecule has 0 rings (SSSR count). The summed E-state index contributed by atoms with van der Waals surface area (Å²) in [5, 5.41) is 4.78. The minimum atomic E-state index is 0.733. The van der Waals surface area contributed by atoms with Crippen LogP contribution in [-0.4, -0.2) is 11.9 Å². The van der Waals surface area contributed by atoms with Crippen LogP contribution in [0.2, 0.25) is 0 Å². The third-order valence-corrected chi connectivity index (χ3v) is 4.23. The lowest BCUT2D eigenvalue weighted by Gasteiger charge is -1.97. The molecule has 1 N–H and O–H groups in total. The lowest BCUT2D eigenvalue weighted by atomic mass is 10.1. The third kappa shape index (κ3) is 28.0. The first-order valence-electron chi connectivity index (χ1n) is 9.42. The van der Waals surface area contributed by atoms with E-state index in [0.29, 0.717) is 0 Å². The van der Waals surface area contributed by atoms with Crippen molar-refractivity contribution in [3.05, 3.63) is 0 Å². The van der Waals surface area contributed by atoms with Gasteiger partial charge in [0.1, 0.15) is 17.2 Å². The van der Waals surface area contributed by atoms with Crippen LogP contribution in [0.25, 0.3) is 0 Å². The number of hydrogen-bond donors (Lipinski definition) is 1. The average Bonchev–Trinajstić information content (AvgIpc) is 2.54. The summed E-state index contributed by atoms with van der Waals surface area (Å²) in [6.45, 7) is 5.23. The Kier molecular flexibility index (Phi) is 28.1. The van der Waals surface area contributed by atoms with E-state index in [1.807, 2.05) is 0 Å². The highest BCUT2D eigenvalue weighted by molar-refractivity contribution is 9.09. The van der Waals surface area contributed by atoms with Crippen molar-refractivity contribution in [3.63, 3.8) is 0 Å². The second-order valence-electron chi connectivity index (χ2n) is 5.90. The zero-order valence-electron chi connectivity index (χ0n) is 15.1. The highest BCUT2D eigenvalue weighted by Gasteiger charge is 1.91. The Balaban J connectivity index is 0. The predicted molar refractivity (Wildman–Crippen MR) is 102 cm³/mol. The summed E-state index contributed by atoms with van der Waals surface area (Å²) in [7, 11) is 0. The maximum Gasteiger partial charge on any atom is 0.214 e. The molecule has 0 spiro atoms. The number of nitrogens with one attached hydrogen (secondary N) is 1. The van der Waals surface area contributed by atoms with E-state index in [4.69, 9.17) is 5.53 Å². The lowest BCUT2D eigenvalue weighted by Crippen LogP contribution is -1.83. The highest BCUT2D eigenvalue weighted by Crippen LogP contribution is 2.07. The van der Waals surface area contributed by atoms with Crippen molar-refractivity contribution in [2.24, 2.45) is 5.11 Å². The van der Waals surface area contributed by atoms with Gasteiger partial charge in [-0.15, -0.1) is 0 Å². The molecule has 0 radical (unpaired) electrons. The minimum absolute atomic E-state index is 0.733. The Hall–Kier alpha value is -0.210. The topological polar surface area (TPSA) is 50.3 Å². The molecular weight excluding hydrogens is 338 g/mol. The maximum absolute atomic E-state index is 6.43. The molecule has 0 saturated heterocycles. The summed E-state index contributed by atoms with van der Waals surface area (Å²) >= 11 is 3.43. The summed E-state index contributed by atoms with van der Waals surface area (Å²) in [5.41, 5.74) is 6.43. The Morgan fingerprint density at radius 2 is 1.09 bits per heavy atom. The van der Waals surface area contributed by atoms with Crippen molar-refractivity contribution in [1.82, 2.24) is 4.91 Å². The van der Waals surface area contributed by atoms with Crippen LogP contribution in [0.1, 0.15) is 104 Å². The van der Waals surface area contributed by atoms with Gasteiger partial charge < -0.3 is 0 Å². The fourth-order valence-corrected chi connectivity index (χ4v) is 2.64. The molecule has 3 nitrogen and oxygen atoms in total. The quantitative estimate of drug-likeness (QED) is 0.134. The van der Waals surface area contributed by atoms with Crippen molar-refractivity contribution in [2.45, 2.75) is 104 Å². The molecule has 0 aromatic rings. The molecule has 132 valence electrons. The van der Waals surface area contributed by atoms with Gasteiger partial charge in [0.15, 0.2) is 0 Å². The van der Waals surface area contributed by atoms with E-state index in [9.17, 15) is 0 Å². The summed E-state index contributed by atoms with van der Waals surface area (Å²) in [5.74, 6) is 0. The SMILES string of the molecule is CCCCCCCCCBr.CCCCCCCCCN=[N+]=N. The van der Waals surface area contributed by atoms with E-state index in [1.165, 1.54) is 88.8 Å². The maximum atomic E-state index is 6.43. The van der Waals surface area contributed by atoms with Gasteiger partial charge in [-0.05, 0) is 12.8 Å². The molecule has 0 aliphatic carbocycles. The van der Waals surface area contributed by atoms with E-state index in [1.54, 1.807) is 0 Å². The summed E-state index contributed by atoms with van der Waals surface area (Å²) < 4.78 is 0. The number of halogens is 1. The molecule has 0 aromatic carbocycles. The summed E-state index contributed by atoms with van der Waals surface area (Å²) in [6, 6.07) is 0. The fraction of sp³-hybridized carbons (Fsp3) is 1.00. The average molecular weight is 377 g/mol. The van der Waals surface area contributed by atoms with Crippen LogP contribution in [0, 0.1) is 5.53 Å². The predicted octanol–water partition coefficient (Wildman–Crippen LogP) is 7.42. The molecule has 0 bridgehead atoms. The summed E-state index contributed by atoms with van der Waals surface area (Å²) in [6.07, 6.45) is 18.9. The molecule has 0 amide bonds. The van der Waals surface area contributed by atoms with Crippen molar-refractivity contribution >= 4 is 15.9 Å². The van der Waals surface area contributed by atoms with E-state index < -0.39 is 0 Å². The van der Waals surface area contributed by atoms with Gasteiger partial charge in [0.2, 0.25) is 4.91 Å². The number of rotatable bonds is 15. The molecule has 0 aromatic heterocycles. The van der Waals surface area contributed by atoms with E-state index >= 15 is 0 Å². The van der Waals surface area contributed by atoms with Gasteiger partial charge in [-0.2, -0.15) is 0 Å². The normalized spacial score (nSPS) is 9.77. The number of nitrogens with zero attached hydrogens (tertiary/aromatic N) is 2. The van der Waals surface area contributed by atoms with Crippen molar-refractivity contribution < 1.29 is 0 Å². The van der Waals surface area contributed by atoms with Crippen LogP contribution in [0.15, 0.2) is 5.11 Å². The second kappa shape index (κ2) is 25.7. The molecular formula is C18H39BrN3+. The minimum Gasteiger partial charge on any atom is -0.0928 e. The van der Waals surface area contributed by atoms with Gasteiger partial charge >= 0.3 is 0 Å². The van der Waals surface area contributed by atoms with Gasteiger partial charge in [-0.3, -0.25) is 0 Å². The molecule has 22 heavy (non-hydrogen) atoms. The Morgan fingerprint density at radius 3 is 1.50 bits per heavy atom. The Morgan fingerprint density at radius 1 is 0.682 bits per heavy atom. The van der Waals surface area contributed by atoms with Crippen LogP contribution in [-0.2, 0) is 0 Å². The molecule has 0 heterocycles. The molecule has 0 atom stereocenters. The first kappa shape index (κ1) is 24.0. The third-order valence-electron chi connectivity index (χ3n) is 3.67. The van der Waals surface area contributed by atoms with E-state index in [0.717, 1.165) is 13.0 Å². The standard InChI is InChI=1S/C9H19Br.C9H20N3/c1-2-3-4-5-6-7-8-9-10;1-2-3-4-5-6-7-8-9-11-12-10/h2-9H2,1H3;10H,2-9H2,1H3/q;+1. The Bertz CT molecular complexity index is 220. The number of unbranched alkanes of at least 4 members (excludes halogenated alkanes) is 12. The van der Waals surface area contributed by atoms with E-state index in [-0.39, 0.29) is 0 Å². The molecule has 0 aliphatic rings. The smallest absolute Gasteiger partial charge is 0.0928 e. The van der Waals surface area contributed by atoms with Crippen LogP contribution in [0.3, 0.4) is 0 Å². The van der Waals surface area contributed by atoms with Gasteiger partial charge in [-0.1, -0.05) is 107 Å². The first-order valence-corrected chi connectivity index (χ1v) is 10.5. The molecule has 4 heteroatoms. The van der Waals surface area contributed by atoms with Gasteiger partial charge in [0, 0.05) is 5.33 Å². The highest BCUT2D eigenvalue weighted by atomic mass is 79.9. The number of alkyl halides is 1. The van der Waals surface area contributed by atoms with Crippen molar-refractivity contribution in [1.29, 1.82) is 5.53 Å². The summed E-state index contributed by atoms with van der Waals surface area (Å²) in [4.78, 5) is 2.96.